The highest BCUT2D eigenvalue weighted by molar-refractivity contribution is 5.78. The van der Waals surface area contributed by atoms with Crippen LogP contribution in [-0.4, -0.2) is 48.6 Å². The zero-order valence-corrected chi connectivity index (χ0v) is 13.6. The van der Waals surface area contributed by atoms with Gasteiger partial charge in [-0.3, -0.25) is 9.69 Å². The van der Waals surface area contributed by atoms with Crippen LogP contribution >= 0.6 is 0 Å². The molecule has 4 nitrogen and oxygen atoms in total. The van der Waals surface area contributed by atoms with Gasteiger partial charge in [-0.1, -0.05) is 26.7 Å². The highest BCUT2D eigenvalue weighted by Crippen LogP contribution is 2.29. The average molecular weight is 293 g/mol. The summed E-state index contributed by atoms with van der Waals surface area (Å²) in [6.45, 7) is 7.31. The number of amides is 1. The Labute approximate surface area is 129 Å². The van der Waals surface area contributed by atoms with E-state index in [1.807, 2.05) is 0 Å². The lowest BCUT2D eigenvalue weighted by atomic mass is 9.78. The molecule has 2 saturated heterocycles. The molecule has 5 unspecified atom stereocenters. The number of hydrogen-bond acceptors (Lipinski definition) is 3. The SMILES string of the molecule is CC1CCCC(NC(=O)CN2CCC3CCC(C2)N3)C1C. The summed E-state index contributed by atoms with van der Waals surface area (Å²) in [6, 6.07) is 1.70. The monoisotopic (exact) mass is 293 g/mol. The van der Waals surface area contributed by atoms with Gasteiger partial charge < -0.3 is 10.6 Å². The molecule has 2 N–H and O–H groups in total. The molecule has 2 heterocycles. The first-order chi connectivity index (χ1) is 10.1. The van der Waals surface area contributed by atoms with Crippen molar-refractivity contribution in [1.82, 2.24) is 15.5 Å². The summed E-state index contributed by atoms with van der Waals surface area (Å²) in [5, 5.41) is 6.99. The van der Waals surface area contributed by atoms with Crippen molar-refractivity contribution in [3.05, 3.63) is 0 Å². The van der Waals surface area contributed by atoms with Crippen molar-refractivity contribution in [3.63, 3.8) is 0 Å². The minimum Gasteiger partial charge on any atom is -0.352 e. The third-order valence-electron chi connectivity index (χ3n) is 6.03. The molecule has 0 aromatic rings. The summed E-state index contributed by atoms with van der Waals surface area (Å²) in [6.07, 6.45) is 7.52. The van der Waals surface area contributed by atoms with E-state index in [0.29, 0.717) is 30.6 Å². The molecule has 0 aromatic carbocycles. The Bertz CT molecular complexity index is 373. The molecular formula is C17H31N3O. The molecule has 2 aliphatic heterocycles. The van der Waals surface area contributed by atoms with Crippen LogP contribution in [0.4, 0.5) is 0 Å². The molecule has 1 amide bonds. The second kappa shape index (κ2) is 6.66. The zero-order valence-electron chi connectivity index (χ0n) is 13.6. The van der Waals surface area contributed by atoms with Crippen LogP contribution in [-0.2, 0) is 4.79 Å². The van der Waals surface area contributed by atoms with E-state index in [-0.39, 0.29) is 5.91 Å². The molecule has 3 rings (SSSR count). The van der Waals surface area contributed by atoms with Gasteiger partial charge in [-0.05, 0) is 37.5 Å². The summed E-state index contributed by atoms with van der Waals surface area (Å²) < 4.78 is 0. The van der Waals surface area contributed by atoms with Gasteiger partial charge in [0.15, 0.2) is 0 Å². The van der Waals surface area contributed by atoms with Gasteiger partial charge >= 0.3 is 0 Å². The second-order valence-corrected chi connectivity index (χ2v) is 7.60. The van der Waals surface area contributed by atoms with E-state index in [1.165, 1.54) is 32.1 Å². The molecule has 3 aliphatic rings. The van der Waals surface area contributed by atoms with E-state index in [9.17, 15) is 4.79 Å². The topological polar surface area (TPSA) is 44.4 Å². The number of nitrogens with zero attached hydrogens (tertiary/aromatic N) is 1. The fraction of sp³-hybridized carbons (Fsp3) is 0.941. The first-order valence-corrected chi connectivity index (χ1v) is 8.89. The normalized spacial score (nSPS) is 40.8. The van der Waals surface area contributed by atoms with Gasteiger partial charge in [0.1, 0.15) is 0 Å². The molecule has 4 heteroatoms. The quantitative estimate of drug-likeness (QED) is 0.833. The second-order valence-electron chi connectivity index (χ2n) is 7.60. The van der Waals surface area contributed by atoms with Gasteiger partial charge in [0.05, 0.1) is 6.54 Å². The summed E-state index contributed by atoms with van der Waals surface area (Å²) in [4.78, 5) is 14.7. The molecular weight excluding hydrogens is 262 g/mol. The highest BCUT2D eigenvalue weighted by Gasteiger charge is 2.31. The van der Waals surface area contributed by atoms with Gasteiger partial charge in [0, 0.05) is 31.2 Å². The van der Waals surface area contributed by atoms with Crippen LogP contribution < -0.4 is 10.6 Å². The van der Waals surface area contributed by atoms with Crippen LogP contribution in [0.25, 0.3) is 0 Å². The first-order valence-electron chi connectivity index (χ1n) is 8.89. The minimum absolute atomic E-state index is 0.235. The molecule has 1 saturated carbocycles. The zero-order chi connectivity index (χ0) is 14.8. The third-order valence-corrected chi connectivity index (χ3v) is 6.03. The van der Waals surface area contributed by atoms with Crippen molar-refractivity contribution in [1.29, 1.82) is 0 Å². The summed E-state index contributed by atoms with van der Waals surface area (Å²) >= 11 is 0. The Hall–Kier alpha value is -0.610. The Morgan fingerprint density at radius 3 is 2.81 bits per heavy atom. The van der Waals surface area contributed by atoms with Crippen molar-refractivity contribution < 1.29 is 4.79 Å². The van der Waals surface area contributed by atoms with Crippen molar-refractivity contribution in [2.45, 2.75) is 70.5 Å². The number of rotatable bonds is 3. The molecule has 2 bridgehead atoms. The fourth-order valence-corrected chi connectivity index (χ4v) is 4.40. The lowest BCUT2D eigenvalue weighted by Crippen LogP contribution is -2.48. The predicted octanol–water partition coefficient (Wildman–Crippen LogP) is 1.75. The maximum absolute atomic E-state index is 12.4. The van der Waals surface area contributed by atoms with E-state index < -0.39 is 0 Å². The molecule has 0 aromatic heterocycles. The molecule has 3 fully saturated rings. The average Bonchev–Trinajstić information content (AvgIpc) is 2.78. The molecule has 0 radical (unpaired) electrons. The van der Waals surface area contributed by atoms with Gasteiger partial charge in [0.2, 0.25) is 5.91 Å². The Morgan fingerprint density at radius 1 is 1.14 bits per heavy atom. The number of carbonyl (C=O) groups excluding carboxylic acids is 1. The van der Waals surface area contributed by atoms with Crippen molar-refractivity contribution >= 4 is 5.91 Å². The Kier molecular flexibility index (Phi) is 4.85. The maximum atomic E-state index is 12.4. The smallest absolute Gasteiger partial charge is 0.234 e. The molecule has 0 spiro atoms. The van der Waals surface area contributed by atoms with E-state index >= 15 is 0 Å². The predicted molar refractivity (Wildman–Crippen MR) is 85.1 cm³/mol. The van der Waals surface area contributed by atoms with Crippen LogP contribution in [0.2, 0.25) is 0 Å². The van der Waals surface area contributed by atoms with Crippen LogP contribution in [0.5, 0.6) is 0 Å². The Morgan fingerprint density at radius 2 is 1.95 bits per heavy atom. The summed E-state index contributed by atoms with van der Waals surface area (Å²) in [7, 11) is 0. The first kappa shape index (κ1) is 15.3. The van der Waals surface area contributed by atoms with Crippen LogP contribution in [0.3, 0.4) is 0 Å². The van der Waals surface area contributed by atoms with Gasteiger partial charge in [-0.25, -0.2) is 0 Å². The van der Waals surface area contributed by atoms with Crippen LogP contribution in [0.15, 0.2) is 0 Å². The Balaban J connectivity index is 1.47. The summed E-state index contributed by atoms with van der Waals surface area (Å²) in [5.41, 5.74) is 0. The van der Waals surface area contributed by atoms with E-state index in [4.69, 9.17) is 0 Å². The van der Waals surface area contributed by atoms with Gasteiger partial charge in [-0.2, -0.15) is 0 Å². The van der Waals surface area contributed by atoms with E-state index in [2.05, 4.69) is 29.4 Å². The van der Waals surface area contributed by atoms with Crippen molar-refractivity contribution in [2.24, 2.45) is 11.8 Å². The largest absolute Gasteiger partial charge is 0.352 e. The van der Waals surface area contributed by atoms with Crippen molar-refractivity contribution in [3.8, 4) is 0 Å². The maximum Gasteiger partial charge on any atom is 0.234 e. The molecule has 21 heavy (non-hydrogen) atoms. The number of likely N-dealkylation sites (tertiary alicyclic amines) is 1. The lowest BCUT2D eigenvalue weighted by molar-refractivity contribution is -0.123. The number of hydrogen-bond donors (Lipinski definition) is 2. The standard InChI is InChI=1S/C17H31N3O/c1-12-4-3-5-16(13(12)2)19-17(21)11-20-9-8-14-6-7-15(10-20)18-14/h12-16,18H,3-11H2,1-2H3,(H,19,21). The highest BCUT2D eigenvalue weighted by atomic mass is 16.2. The van der Waals surface area contributed by atoms with Crippen LogP contribution in [0.1, 0.15) is 52.4 Å². The minimum atomic E-state index is 0.235. The van der Waals surface area contributed by atoms with E-state index in [1.54, 1.807) is 0 Å². The van der Waals surface area contributed by atoms with Gasteiger partial charge in [0.25, 0.3) is 0 Å². The fourth-order valence-electron chi connectivity index (χ4n) is 4.40. The number of nitrogens with one attached hydrogen (secondary N) is 2. The summed E-state index contributed by atoms with van der Waals surface area (Å²) in [5.74, 6) is 1.59. The molecule has 120 valence electrons. The number of fused-ring (bicyclic) bond motifs is 2. The van der Waals surface area contributed by atoms with Crippen molar-refractivity contribution in [2.75, 3.05) is 19.6 Å². The third kappa shape index (κ3) is 3.78. The van der Waals surface area contributed by atoms with Gasteiger partial charge in [-0.15, -0.1) is 0 Å². The molecule has 1 aliphatic carbocycles. The molecule has 5 atom stereocenters. The lowest BCUT2D eigenvalue weighted by Gasteiger charge is -2.35. The van der Waals surface area contributed by atoms with E-state index in [0.717, 1.165) is 25.4 Å². The number of carbonyl (C=O) groups is 1. The van der Waals surface area contributed by atoms with Crippen LogP contribution in [0, 0.1) is 11.8 Å².